The third kappa shape index (κ3) is 3.21. The zero-order valence-corrected chi connectivity index (χ0v) is 15.9. The highest BCUT2D eigenvalue weighted by molar-refractivity contribution is 9.12. The summed E-state index contributed by atoms with van der Waals surface area (Å²) in [6.07, 6.45) is 1.28. The minimum absolute atomic E-state index is 0.202. The largest absolute Gasteiger partial charge is 0.490 e. The Morgan fingerprint density at radius 2 is 2.19 bits per heavy atom. The van der Waals surface area contributed by atoms with Gasteiger partial charge in [0.2, 0.25) is 0 Å². The molecule has 1 aliphatic rings. The summed E-state index contributed by atoms with van der Waals surface area (Å²) in [5.74, 6) is 1.03. The van der Waals surface area contributed by atoms with Crippen LogP contribution < -0.4 is 10.1 Å². The molecule has 0 saturated carbocycles. The van der Waals surface area contributed by atoms with Gasteiger partial charge in [-0.2, -0.15) is 0 Å². The van der Waals surface area contributed by atoms with Gasteiger partial charge in [0, 0.05) is 6.42 Å². The van der Waals surface area contributed by atoms with Crippen molar-refractivity contribution in [2.75, 3.05) is 6.54 Å². The number of thiophene rings is 1. The first-order valence-electron chi connectivity index (χ1n) is 7.06. The van der Waals surface area contributed by atoms with E-state index in [0.29, 0.717) is 0 Å². The molecule has 0 amide bonds. The normalized spacial score (nSPS) is 18.4. The van der Waals surface area contributed by atoms with Crippen molar-refractivity contribution in [3.05, 3.63) is 48.5 Å². The summed E-state index contributed by atoms with van der Waals surface area (Å²) < 4.78 is 8.12. The Kier molecular flexibility index (Phi) is 4.74. The van der Waals surface area contributed by atoms with E-state index in [1.807, 2.05) is 0 Å². The molecule has 2 heterocycles. The molecule has 1 aromatic heterocycles. The first-order valence-corrected chi connectivity index (χ1v) is 9.46. The van der Waals surface area contributed by atoms with Crippen LogP contribution in [0.4, 0.5) is 0 Å². The summed E-state index contributed by atoms with van der Waals surface area (Å²) in [5.41, 5.74) is 3.88. The SMILES string of the molecule is CCNC(c1ccc2c(c1)CC(C)O2)c1cc(Br)sc1Br. The second kappa shape index (κ2) is 6.41. The monoisotopic (exact) mass is 429 g/mol. The summed E-state index contributed by atoms with van der Waals surface area (Å²) in [4.78, 5) is 0. The molecule has 1 aromatic carbocycles. The van der Waals surface area contributed by atoms with Crippen LogP contribution >= 0.6 is 43.2 Å². The van der Waals surface area contributed by atoms with Gasteiger partial charge in [-0.15, -0.1) is 11.3 Å². The van der Waals surface area contributed by atoms with Crippen molar-refractivity contribution in [3.8, 4) is 5.75 Å². The average Bonchev–Trinajstić information content (AvgIpc) is 2.96. The minimum atomic E-state index is 0.202. The van der Waals surface area contributed by atoms with Crippen molar-refractivity contribution in [2.45, 2.75) is 32.4 Å². The number of fused-ring (bicyclic) bond motifs is 1. The number of hydrogen-bond acceptors (Lipinski definition) is 3. The van der Waals surface area contributed by atoms with E-state index in [2.05, 4.69) is 75.3 Å². The maximum Gasteiger partial charge on any atom is 0.123 e. The lowest BCUT2D eigenvalue weighted by Crippen LogP contribution is -2.21. The van der Waals surface area contributed by atoms with Crippen LogP contribution in [0, 0.1) is 0 Å². The topological polar surface area (TPSA) is 21.3 Å². The summed E-state index contributed by atoms with van der Waals surface area (Å²) >= 11 is 8.97. The van der Waals surface area contributed by atoms with E-state index in [4.69, 9.17) is 4.74 Å². The molecule has 21 heavy (non-hydrogen) atoms. The zero-order chi connectivity index (χ0) is 15.0. The Morgan fingerprint density at radius 3 is 2.86 bits per heavy atom. The fourth-order valence-electron chi connectivity index (χ4n) is 2.78. The molecule has 112 valence electrons. The molecule has 2 unspecified atom stereocenters. The molecule has 5 heteroatoms. The molecule has 1 N–H and O–H groups in total. The third-order valence-corrected chi connectivity index (χ3v) is 6.04. The van der Waals surface area contributed by atoms with Crippen molar-refractivity contribution in [1.29, 1.82) is 0 Å². The zero-order valence-electron chi connectivity index (χ0n) is 12.0. The molecule has 0 bridgehead atoms. The predicted octanol–water partition coefficient (Wildman–Crippen LogP) is 5.30. The third-order valence-electron chi connectivity index (χ3n) is 3.66. The lowest BCUT2D eigenvalue weighted by Gasteiger charge is -2.19. The Labute approximate surface area is 146 Å². The fraction of sp³-hybridized carbons (Fsp3) is 0.375. The number of ether oxygens (including phenoxy) is 1. The molecule has 2 nitrogen and oxygen atoms in total. The van der Waals surface area contributed by atoms with E-state index >= 15 is 0 Å². The van der Waals surface area contributed by atoms with Crippen molar-refractivity contribution >= 4 is 43.2 Å². The van der Waals surface area contributed by atoms with Gasteiger partial charge < -0.3 is 10.1 Å². The van der Waals surface area contributed by atoms with Crippen LogP contribution in [0.25, 0.3) is 0 Å². The highest BCUT2D eigenvalue weighted by Crippen LogP contribution is 2.39. The highest BCUT2D eigenvalue weighted by atomic mass is 79.9. The molecule has 0 aliphatic carbocycles. The Bertz CT molecular complexity index is 656. The Morgan fingerprint density at radius 1 is 1.38 bits per heavy atom. The molecular formula is C16H17Br2NOS. The lowest BCUT2D eigenvalue weighted by molar-refractivity contribution is 0.254. The quantitative estimate of drug-likeness (QED) is 0.710. The smallest absolute Gasteiger partial charge is 0.123 e. The van der Waals surface area contributed by atoms with E-state index in [-0.39, 0.29) is 12.1 Å². The van der Waals surface area contributed by atoms with Crippen LogP contribution in [0.2, 0.25) is 0 Å². The van der Waals surface area contributed by atoms with E-state index in [1.165, 1.54) is 20.5 Å². The summed E-state index contributed by atoms with van der Waals surface area (Å²) in [6, 6.07) is 8.95. The standard InChI is InChI=1S/C16H17Br2NOS/c1-3-19-15(12-8-14(17)21-16(12)18)10-4-5-13-11(7-10)6-9(2)20-13/h4-5,7-9,15,19H,3,6H2,1-2H3. The molecule has 0 saturated heterocycles. The first-order chi connectivity index (χ1) is 10.1. The van der Waals surface area contributed by atoms with Crippen LogP contribution in [0.15, 0.2) is 31.8 Å². The van der Waals surface area contributed by atoms with Crippen LogP contribution in [0.1, 0.15) is 36.6 Å². The fourth-order valence-corrected chi connectivity index (χ4v) is 5.68. The molecule has 2 atom stereocenters. The maximum absolute atomic E-state index is 5.80. The second-order valence-corrected chi connectivity index (χ2v) is 9.02. The number of nitrogens with one attached hydrogen (secondary N) is 1. The van der Waals surface area contributed by atoms with Crippen LogP contribution in [0.5, 0.6) is 5.75 Å². The molecule has 1 aliphatic heterocycles. The molecule has 0 spiro atoms. The number of hydrogen-bond donors (Lipinski definition) is 1. The summed E-state index contributed by atoms with van der Waals surface area (Å²) in [5, 5.41) is 3.59. The van der Waals surface area contributed by atoms with Crippen LogP contribution in [-0.4, -0.2) is 12.6 Å². The summed E-state index contributed by atoms with van der Waals surface area (Å²) in [7, 11) is 0. The Balaban J connectivity index is 1.98. The highest BCUT2D eigenvalue weighted by Gasteiger charge is 2.23. The van der Waals surface area contributed by atoms with Crippen molar-refractivity contribution in [3.63, 3.8) is 0 Å². The first kappa shape index (κ1) is 15.5. The van der Waals surface area contributed by atoms with E-state index in [0.717, 1.165) is 22.5 Å². The maximum atomic E-state index is 5.80. The summed E-state index contributed by atoms with van der Waals surface area (Å²) in [6.45, 7) is 5.18. The Hall–Kier alpha value is -0.360. The van der Waals surface area contributed by atoms with Crippen LogP contribution in [0.3, 0.4) is 0 Å². The minimum Gasteiger partial charge on any atom is -0.490 e. The van der Waals surface area contributed by atoms with Gasteiger partial charge in [-0.25, -0.2) is 0 Å². The van der Waals surface area contributed by atoms with Crippen molar-refractivity contribution < 1.29 is 4.74 Å². The van der Waals surface area contributed by atoms with Gasteiger partial charge in [-0.3, -0.25) is 0 Å². The lowest BCUT2D eigenvalue weighted by atomic mass is 9.98. The molecule has 0 radical (unpaired) electrons. The van der Waals surface area contributed by atoms with Crippen molar-refractivity contribution in [1.82, 2.24) is 5.32 Å². The molecular weight excluding hydrogens is 414 g/mol. The van der Waals surface area contributed by atoms with Gasteiger partial charge in [-0.1, -0.05) is 19.1 Å². The molecule has 2 aromatic rings. The van der Waals surface area contributed by atoms with Crippen LogP contribution in [-0.2, 0) is 6.42 Å². The van der Waals surface area contributed by atoms with Gasteiger partial charge in [0.05, 0.1) is 13.6 Å². The second-order valence-electron chi connectivity index (χ2n) is 5.27. The molecule has 0 fully saturated rings. The number of halogens is 2. The van der Waals surface area contributed by atoms with Gasteiger partial charge in [0.1, 0.15) is 11.9 Å². The average molecular weight is 431 g/mol. The van der Waals surface area contributed by atoms with Gasteiger partial charge >= 0.3 is 0 Å². The van der Waals surface area contributed by atoms with Gasteiger partial charge in [-0.05, 0) is 74.2 Å². The predicted molar refractivity (Wildman–Crippen MR) is 95.5 cm³/mol. The number of rotatable bonds is 4. The van der Waals surface area contributed by atoms with Gasteiger partial charge in [0.15, 0.2) is 0 Å². The van der Waals surface area contributed by atoms with E-state index in [1.54, 1.807) is 11.3 Å². The van der Waals surface area contributed by atoms with Crippen molar-refractivity contribution in [2.24, 2.45) is 0 Å². The van der Waals surface area contributed by atoms with Gasteiger partial charge in [0.25, 0.3) is 0 Å². The number of benzene rings is 1. The van der Waals surface area contributed by atoms with E-state index in [9.17, 15) is 0 Å². The van der Waals surface area contributed by atoms with E-state index < -0.39 is 0 Å². The molecule has 3 rings (SSSR count).